The summed E-state index contributed by atoms with van der Waals surface area (Å²) in [6, 6.07) is 3.46. The van der Waals surface area contributed by atoms with Gasteiger partial charge in [0.1, 0.15) is 5.82 Å². The lowest BCUT2D eigenvalue weighted by molar-refractivity contribution is 0.102. The van der Waals surface area contributed by atoms with Gasteiger partial charge < -0.3 is 11.1 Å². The molecule has 2 heterocycles. The van der Waals surface area contributed by atoms with Crippen LogP contribution in [-0.2, 0) is 7.05 Å². The molecule has 0 aliphatic heterocycles. The third-order valence-corrected chi connectivity index (χ3v) is 2.59. The second-order valence-corrected chi connectivity index (χ2v) is 4.19. The largest absolute Gasteiger partial charge is 0.320 e. The SMILES string of the molecule is Cc1nn(C)cc1C(=O)Nc1cc(C#CCN)ccn1. The third-order valence-electron chi connectivity index (χ3n) is 2.59. The van der Waals surface area contributed by atoms with Crippen LogP contribution in [0.3, 0.4) is 0 Å². The molecule has 6 nitrogen and oxygen atoms in total. The summed E-state index contributed by atoms with van der Waals surface area (Å²) in [6.45, 7) is 2.07. The lowest BCUT2D eigenvalue weighted by atomic mass is 10.2. The van der Waals surface area contributed by atoms with E-state index < -0.39 is 0 Å². The number of hydrogen-bond acceptors (Lipinski definition) is 4. The van der Waals surface area contributed by atoms with Gasteiger partial charge in [0.15, 0.2) is 0 Å². The maximum atomic E-state index is 12.1. The Bertz CT molecular complexity index is 693. The number of nitrogens with two attached hydrogens (primary N) is 1. The summed E-state index contributed by atoms with van der Waals surface area (Å²) in [6.07, 6.45) is 3.26. The Balaban J connectivity index is 2.17. The number of amides is 1. The minimum absolute atomic E-state index is 0.243. The van der Waals surface area contributed by atoms with Crippen molar-refractivity contribution >= 4 is 11.7 Å². The lowest BCUT2D eigenvalue weighted by Crippen LogP contribution is -2.13. The molecule has 0 spiro atoms. The number of nitrogens with one attached hydrogen (secondary N) is 1. The summed E-state index contributed by atoms with van der Waals surface area (Å²) in [5.41, 5.74) is 7.27. The van der Waals surface area contributed by atoms with Crippen molar-refractivity contribution < 1.29 is 4.79 Å². The van der Waals surface area contributed by atoms with Crippen LogP contribution in [0.15, 0.2) is 24.5 Å². The van der Waals surface area contributed by atoms with E-state index in [0.29, 0.717) is 23.6 Å². The zero-order chi connectivity index (χ0) is 14.5. The number of pyridine rings is 1. The molecule has 1 amide bonds. The number of nitrogens with zero attached hydrogens (tertiary/aromatic N) is 3. The molecular formula is C14H15N5O. The second kappa shape index (κ2) is 5.99. The zero-order valence-corrected chi connectivity index (χ0v) is 11.3. The highest BCUT2D eigenvalue weighted by Crippen LogP contribution is 2.10. The number of carbonyl (C=O) groups excluding carboxylic acids is 1. The fourth-order valence-corrected chi connectivity index (χ4v) is 1.74. The van der Waals surface area contributed by atoms with Gasteiger partial charge in [-0.15, -0.1) is 0 Å². The Morgan fingerprint density at radius 3 is 3.00 bits per heavy atom. The molecule has 0 radical (unpaired) electrons. The summed E-state index contributed by atoms with van der Waals surface area (Å²) in [5, 5.41) is 6.86. The molecule has 2 aromatic rings. The number of rotatable bonds is 2. The van der Waals surface area contributed by atoms with Crippen LogP contribution in [0, 0.1) is 18.8 Å². The first-order chi connectivity index (χ1) is 9.60. The smallest absolute Gasteiger partial charge is 0.260 e. The molecule has 0 aliphatic rings. The standard InChI is InChI=1S/C14H15N5O/c1-10-12(9-19(2)18-10)14(20)17-13-8-11(4-3-6-15)5-7-16-13/h5,7-9H,6,15H2,1-2H3,(H,16,17,20). The molecule has 0 saturated heterocycles. The van der Waals surface area contributed by atoms with E-state index in [4.69, 9.17) is 5.73 Å². The molecule has 20 heavy (non-hydrogen) atoms. The highest BCUT2D eigenvalue weighted by Gasteiger charge is 2.13. The zero-order valence-electron chi connectivity index (χ0n) is 11.3. The van der Waals surface area contributed by atoms with E-state index in [1.807, 2.05) is 0 Å². The van der Waals surface area contributed by atoms with Crippen LogP contribution < -0.4 is 11.1 Å². The average Bonchev–Trinajstić information content (AvgIpc) is 2.76. The summed E-state index contributed by atoms with van der Waals surface area (Å²) >= 11 is 0. The summed E-state index contributed by atoms with van der Waals surface area (Å²) in [5.74, 6) is 5.85. The lowest BCUT2D eigenvalue weighted by Gasteiger charge is -2.03. The number of carbonyl (C=O) groups is 1. The van der Waals surface area contributed by atoms with Crippen LogP contribution in [0.4, 0.5) is 5.82 Å². The van der Waals surface area contributed by atoms with Gasteiger partial charge in [-0.25, -0.2) is 4.98 Å². The van der Waals surface area contributed by atoms with Crippen molar-refractivity contribution in [2.45, 2.75) is 6.92 Å². The van der Waals surface area contributed by atoms with Crippen molar-refractivity contribution in [1.29, 1.82) is 0 Å². The molecule has 0 saturated carbocycles. The quantitative estimate of drug-likeness (QED) is 0.785. The maximum absolute atomic E-state index is 12.1. The van der Waals surface area contributed by atoms with Gasteiger partial charge in [-0.05, 0) is 19.1 Å². The second-order valence-electron chi connectivity index (χ2n) is 4.19. The minimum atomic E-state index is -0.243. The molecule has 0 atom stereocenters. The van der Waals surface area contributed by atoms with E-state index in [2.05, 4.69) is 27.2 Å². The first kappa shape index (κ1) is 13.8. The van der Waals surface area contributed by atoms with Crippen molar-refractivity contribution in [1.82, 2.24) is 14.8 Å². The molecule has 3 N–H and O–H groups in total. The van der Waals surface area contributed by atoms with Crippen molar-refractivity contribution in [2.24, 2.45) is 12.8 Å². The van der Waals surface area contributed by atoms with Crippen LogP contribution >= 0.6 is 0 Å². The van der Waals surface area contributed by atoms with Gasteiger partial charge in [-0.2, -0.15) is 5.10 Å². The van der Waals surface area contributed by atoms with Crippen molar-refractivity contribution in [3.63, 3.8) is 0 Å². The van der Waals surface area contributed by atoms with E-state index in [-0.39, 0.29) is 5.91 Å². The topological polar surface area (TPSA) is 85.8 Å². The van der Waals surface area contributed by atoms with Gasteiger partial charge >= 0.3 is 0 Å². The molecule has 0 unspecified atom stereocenters. The summed E-state index contributed by atoms with van der Waals surface area (Å²) in [4.78, 5) is 16.2. The molecular weight excluding hydrogens is 254 g/mol. The van der Waals surface area contributed by atoms with Crippen molar-refractivity contribution in [3.05, 3.63) is 41.3 Å². The fraction of sp³-hybridized carbons (Fsp3) is 0.214. The van der Waals surface area contributed by atoms with Crippen molar-refractivity contribution in [2.75, 3.05) is 11.9 Å². The van der Waals surface area contributed by atoms with Gasteiger partial charge in [0.05, 0.1) is 17.8 Å². The Morgan fingerprint density at radius 1 is 1.55 bits per heavy atom. The van der Waals surface area contributed by atoms with Gasteiger partial charge in [0, 0.05) is 25.0 Å². The van der Waals surface area contributed by atoms with Crippen LogP contribution in [0.25, 0.3) is 0 Å². The summed E-state index contributed by atoms with van der Waals surface area (Å²) < 4.78 is 1.60. The Hall–Kier alpha value is -2.65. The maximum Gasteiger partial charge on any atom is 0.260 e. The Labute approximate surface area is 117 Å². The third kappa shape index (κ3) is 3.22. The van der Waals surface area contributed by atoms with Crippen LogP contribution in [0.1, 0.15) is 21.6 Å². The van der Waals surface area contributed by atoms with Gasteiger partial charge in [0.25, 0.3) is 5.91 Å². The summed E-state index contributed by atoms with van der Waals surface area (Å²) in [7, 11) is 1.77. The van der Waals surface area contributed by atoms with Gasteiger partial charge in [-0.3, -0.25) is 9.48 Å². The molecule has 0 bridgehead atoms. The monoisotopic (exact) mass is 269 g/mol. The normalized spacial score (nSPS) is 9.75. The number of aromatic nitrogens is 3. The Morgan fingerprint density at radius 2 is 2.35 bits per heavy atom. The molecule has 2 aromatic heterocycles. The van der Waals surface area contributed by atoms with E-state index in [9.17, 15) is 4.79 Å². The molecule has 0 aliphatic carbocycles. The van der Waals surface area contributed by atoms with Crippen LogP contribution in [0.2, 0.25) is 0 Å². The number of aryl methyl sites for hydroxylation is 2. The molecule has 102 valence electrons. The van der Waals surface area contributed by atoms with Crippen LogP contribution in [-0.4, -0.2) is 27.2 Å². The minimum Gasteiger partial charge on any atom is -0.320 e. The van der Waals surface area contributed by atoms with E-state index >= 15 is 0 Å². The average molecular weight is 269 g/mol. The van der Waals surface area contributed by atoms with Crippen LogP contribution in [0.5, 0.6) is 0 Å². The molecule has 2 rings (SSSR count). The van der Waals surface area contributed by atoms with Gasteiger partial charge in [-0.1, -0.05) is 11.8 Å². The number of anilines is 1. The van der Waals surface area contributed by atoms with E-state index in [1.165, 1.54) is 0 Å². The predicted octanol–water partition coefficient (Wildman–Crippen LogP) is 0.686. The Kier molecular flexibility index (Phi) is 4.13. The molecule has 0 aromatic carbocycles. The molecule has 6 heteroatoms. The predicted molar refractivity (Wildman–Crippen MR) is 76.1 cm³/mol. The fourth-order valence-electron chi connectivity index (χ4n) is 1.74. The van der Waals surface area contributed by atoms with E-state index in [1.54, 1.807) is 43.2 Å². The highest BCUT2D eigenvalue weighted by molar-refractivity contribution is 6.04. The highest BCUT2D eigenvalue weighted by atomic mass is 16.1. The first-order valence-corrected chi connectivity index (χ1v) is 6.06. The van der Waals surface area contributed by atoms with E-state index in [0.717, 1.165) is 5.56 Å². The van der Waals surface area contributed by atoms with Crippen molar-refractivity contribution in [3.8, 4) is 11.8 Å². The first-order valence-electron chi connectivity index (χ1n) is 6.06. The molecule has 0 fully saturated rings. The number of hydrogen-bond donors (Lipinski definition) is 2. The van der Waals surface area contributed by atoms with Gasteiger partial charge in [0.2, 0.25) is 0 Å².